The van der Waals surface area contributed by atoms with E-state index in [1.807, 2.05) is 6.92 Å². The molecule has 6 nitrogen and oxygen atoms in total. The van der Waals surface area contributed by atoms with Crippen molar-refractivity contribution in [3.8, 4) is 0 Å². The normalized spacial score (nSPS) is 9.89. The zero-order valence-electron chi connectivity index (χ0n) is 10.5. The number of nitrogens with zero attached hydrogens (tertiary/aromatic N) is 3. The second-order valence-corrected chi connectivity index (χ2v) is 3.78. The number of rotatable bonds is 5. The van der Waals surface area contributed by atoms with Crippen LogP contribution in [0.1, 0.15) is 13.3 Å². The summed E-state index contributed by atoms with van der Waals surface area (Å²) in [6, 6.07) is 3.29. The van der Waals surface area contributed by atoms with E-state index in [0.717, 1.165) is 0 Å². The zero-order valence-corrected chi connectivity index (χ0v) is 10.5. The largest absolute Gasteiger partial charge is 0.481 e. The van der Waals surface area contributed by atoms with E-state index in [1.165, 1.54) is 9.80 Å². The van der Waals surface area contributed by atoms with Crippen LogP contribution in [0.2, 0.25) is 0 Å². The van der Waals surface area contributed by atoms with Crippen LogP contribution in [-0.2, 0) is 4.79 Å². The summed E-state index contributed by atoms with van der Waals surface area (Å²) < 4.78 is 0. The van der Waals surface area contributed by atoms with Crippen molar-refractivity contribution in [2.45, 2.75) is 13.3 Å². The van der Waals surface area contributed by atoms with Gasteiger partial charge >= 0.3 is 12.0 Å². The number of aliphatic carboxylic acids is 1. The van der Waals surface area contributed by atoms with Gasteiger partial charge in [0.05, 0.1) is 18.3 Å². The van der Waals surface area contributed by atoms with Gasteiger partial charge in [-0.3, -0.25) is 14.7 Å². The van der Waals surface area contributed by atoms with Gasteiger partial charge < -0.3 is 10.0 Å². The first kappa shape index (κ1) is 14.0. The molecule has 6 heteroatoms. The van der Waals surface area contributed by atoms with E-state index in [1.54, 1.807) is 31.6 Å². The van der Waals surface area contributed by atoms with Crippen molar-refractivity contribution in [1.29, 1.82) is 0 Å². The van der Waals surface area contributed by atoms with Crippen LogP contribution in [0, 0.1) is 0 Å². The second-order valence-electron chi connectivity index (χ2n) is 3.78. The maximum atomic E-state index is 12.1. The summed E-state index contributed by atoms with van der Waals surface area (Å²) in [7, 11) is 1.64. The molecule has 1 aromatic rings. The van der Waals surface area contributed by atoms with Gasteiger partial charge in [0, 0.05) is 26.3 Å². The lowest BCUT2D eigenvalue weighted by Crippen LogP contribution is -2.42. The van der Waals surface area contributed by atoms with Crippen LogP contribution in [-0.4, -0.2) is 47.1 Å². The average Bonchev–Trinajstić information content (AvgIpc) is 2.39. The van der Waals surface area contributed by atoms with E-state index in [-0.39, 0.29) is 19.0 Å². The van der Waals surface area contributed by atoms with Crippen molar-refractivity contribution < 1.29 is 14.7 Å². The number of hydrogen-bond acceptors (Lipinski definition) is 3. The third-order valence-corrected chi connectivity index (χ3v) is 2.57. The Morgan fingerprint density at radius 1 is 1.44 bits per heavy atom. The van der Waals surface area contributed by atoms with Crippen LogP contribution >= 0.6 is 0 Å². The van der Waals surface area contributed by atoms with Gasteiger partial charge in [0.2, 0.25) is 0 Å². The van der Waals surface area contributed by atoms with E-state index in [0.29, 0.717) is 12.2 Å². The van der Waals surface area contributed by atoms with Gasteiger partial charge in [0.1, 0.15) is 0 Å². The van der Waals surface area contributed by atoms with Crippen molar-refractivity contribution in [3.63, 3.8) is 0 Å². The minimum Gasteiger partial charge on any atom is -0.481 e. The standard InChI is InChI=1S/C12H17N3O3/c1-3-15(8-6-11(16)17)12(18)14(2)10-5-4-7-13-9-10/h4-5,7,9H,3,6,8H2,1-2H3,(H,16,17). The minimum atomic E-state index is -0.912. The highest BCUT2D eigenvalue weighted by atomic mass is 16.4. The molecular weight excluding hydrogens is 234 g/mol. The summed E-state index contributed by atoms with van der Waals surface area (Å²) in [5, 5.41) is 8.63. The highest BCUT2D eigenvalue weighted by Gasteiger charge is 2.18. The van der Waals surface area contributed by atoms with Crippen molar-refractivity contribution in [3.05, 3.63) is 24.5 Å². The van der Waals surface area contributed by atoms with Crippen LogP contribution in [0.3, 0.4) is 0 Å². The number of carboxylic acids is 1. The molecule has 2 amide bonds. The SMILES string of the molecule is CCN(CCC(=O)O)C(=O)N(C)c1cccnc1. The summed E-state index contributed by atoms with van der Waals surface area (Å²) >= 11 is 0. The molecule has 0 fully saturated rings. The van der Waals surface area contributed by atoms with Gasteiger partial charge in [-0.15, -0.1) is 0 Å². The highest BCUT2D eigenvalue weighted by molar-refractivity contribution is 5.91. The summed E-state index contributed by atoms with van der Waals surface area (Å²) in [6.45, 7) is 2.49. The second kappa shape index (κ2) is 6.58. The van der Waals surface area contributed by atoms with E-state index in [4.69, 9.17) is 5.11 Å². The Bertz CT molecular complexity index is 408. The van der Waals surface area contributed by atoms with Gasteiger partial charge in [-0.2, -0.15) is 0 Å². The Labute approximate surface area is 106 Å². The van der Waals surface area contributed by atoms with E-state index in [2.05, 4.69) is 4.98 Å². The molecule has 98 valence electrons. The lowest BCUT2D eigenvalue weighted by atomic mass is 10.3. The van der Waals surface area contributed by atoms with Crippen LogP contribution in [0.5, 0.6) is 0 Å². The first-order chi connectivity index (χ1) is 8.56. The molecule has 0 radical (unpaired) electrons. The maximum Gasteiger partial charge on any atom is 0.324 e. The molecule has 0 spiro atoms. The molecule has 0 atom stereocenters. The molecule has 0 bridgehead atoms. The van der Waals surface area contributed by atoms with E-state index >= 15 is 0 Å². The van der Waals surface area contributed by atoms with Crippen molar-refractivity contribution in [2.24, 2.45) is 0 Å². The molecule has 1 N–H and O–H groups in total. The fourth-order valence-electron chi connectivity index (χ4n) is 1.49. The lowest BCUT2D eigenvalue weighted by molar-refractivity contribution is -0.137. The van der Waals surface area contributed by atoms with Gasteiger partial charge in [-0.25, -0.2) is 4.79 Å². The number of aromatic nitrogens is 1. The predicted octanol–water partition coefficient (Wildman–Crippen LogP) is 1.43. The minimum absolute atomic E-state index is 0.0551. The number of carbonyl (C=O) groups excluding carboxylic acids is 1. The predicted molar refractivity (Wildman–Crippen MR) is 67.5 cm³/mol. The summed E-state index contributed by atoms with van der Waals surface area (Å²) in [6.07, 6.45) is 3.16. The topological polar surface area (TPSA) is 73.7 Å². The molecule has 0 saturated heterocycles. The van der Waals surface area contributed by atoms with Crippen molar-refractivity contribution >= 4 is 17.7 Å². The Kier molecular flexibility index (Phi) is 5.10. The van der Waals surface area contributed by atoms with Crippen LogP contribution in [0.15, 0.2) is 24.5 Å². The third-order valence-electron chi connectivity index (χ3n) is 2.57. The molecule has 0 aromatic carbocycles. The smallest absolute Gasteiger partial charge is 0.324 e. The molecule has 18 heavy (non-hydrogen) atoms. The van der Waals surface area contributed by atoms with Crippen molar-refractivity contribution in [1.82, 2.24) is 9.88 Å². The number of carboxylic acid groups (broad SMARTS) is 1. The average molecular weight is 251 g/mol. The molecule has 0 saturated carbocycles. The number of pyridine rings is 1. The number of carbonyl (C=O) groups is 2. The van der Waals surface area contributed by atoms with E-state index in [9.17, 15) is 9.59 Å². The summed E-state index contributed by atoms with van der Waals surface area (Å²) in [5.41, 5.74) is 0.677. The van der Waals surface area contributed by atoms with Crippen LogP contribution in [0.4, 0.5) is 10.5 Å². The first-order valence-corrected chi connectivity index (χ1v) is 5.70. The Balaban J connectivity index is 2.69. The summed E-state index contributed by atoms with van der Waals surface area (Å²) in [5.74, 6) is -0.912. The van der Waals surface area contributed by atoms with Crippen LogP contribution < -0.4 is 4.90 Å². The number of anilines is 1. The fourth-order valence-corrected chi connectivity index (χ4v) is 1.49. The Morgan fingerprint density at radius 2 is 2.17 bits per heavy atom. The third kappa shape index (κ3) is 3.73. The Hall–Kier alpha value is -2.11. The van der Waals surface area contributed by atoms with Gasteiger partial charge in [-0.1, -0.05) is 0 Å². The van der Waals surface area contributed by atoms with E-state index < -0.39 is 5.97 Å². The highest BCUT2D eigenvalue weighted by Crippen LogP contribution is 2.11. The molecule has 0 unspecified atom stereocenters. The van der Waals surface area contributed by atoms with Crippen molar-refractivity contribution in [2.75, 3.05) is 25.0 Å². The fraction of sp³-hybridized carbons (Fsp3) is 0.417. The molecule has 0 aliphatic rings. The van der Waals surface area contributed by atoms with Gasteiger partial charge in [0.15, 0.2) is 0 Å². The molecule has 1 aromatic heterocycles. The molecular formula is C12H17N3O3. The number of amides is 2. The quantitative estimate of drug-likeness (QED) is 0.859. The zero-order chi connectivity index (χ0) is 13.5. The molecule has 1 rings (SSSR count). The number of urea groups is 1. The Morgan fingerprint density at radius 3 is 2.67 bits per heavy atom. The van der Waals surface area contributed by atoms with Gasteiger partial charge in [-0.05, 0) is 19.1 Å². The number of hydrogen-bond donors (Lipinski definition) is 1. The van der Waals surface area contributed by atoms with Crippen LogP contribution in [0.25, 0.3) is 0 Å². The van der Waals surface area contributed by atoms with Gasteiger partial charge in [0.25, 0.3) is 0 Å². The maximum absolute atomic E-state index is 12.1. The molecule has 0 aliphatic heterocycles. The lowest BCUT2D eigenvalue weighted by Gasteiger charge is -2.26. The molecule has 0 aliphatic carbocycles. The monoisotopic (exact) mass is 251 g/mol. The first-order valence-electron chi connectivity index (χ1n) is 5.70. The summed E-state index contributed by atoms with van der Waals surface area (Å²) in [4.78, 5) is 29.5. The molecule has 1 heterocycles.